The van der Waals surface area contributed by atoms with Gasteiger partial charge in [0.2, 0.25) is 0 Å². The van der Waals surface area contributed by atoms with E-state index >= 15 is 0 Å². The van der Waals surface area contributed by atoms with Crippen molar-refractivity contribution >= 4 is 19.9 Å². The van der Waals surface area contributed by atoms with Crippen LogP contribution in [0, 0.1) is 0 Å². The van der Waals surface area contributed by atoms with Gasteiger partial charge in [-0.3, -0.25) is 5.09 Å². The Hall–Kier alpha value is -0.0000000000000000208. The molecular formula is C18H38NP. The minimum Gasteiger partial charge on any atom is -0.276 e. The zero-order chi connectivity index (χ0) is 14.9. The molecule has 0 aliphatic rings. The van der Waals surface area contributed by atoms with E-state index in [0.717, 1.165) is 6.54 Å². The van der Waals surface area contributed by atoms with Crippen LogP contribution >= 0.6 is 7.32 Å². The molecule has 2 heteroatoms. The highest BCUT2D eigenvalue weighted by molar-refractivity contribution is 7.51. The highest BCUT2D eigenvalue weighted by Gasteiger charge is 1.93. The second-order valence-corrected chi connectivity index (χ2v) is 7.44. The van der Waals surface area contributed by atoms with Crippen LogP contribution in [0.4, 0.5) is 0 Å². The molecule has 1 nitrogen and oxygen atoms in total. The molecule has 0 rings (SSSR count). The van der Waals surface area contributed by atoms with Gasteiger partial charge in [-0.25, -0.2) is 0 Å². The maximum atomic E-state index is 3.88. The summed E-state index contributed by atoms with van der Waals surface area (Å²) in [5.41, 5.74) is 0. The van der Waals surface area contributed by atoms with Crippen LogP contribution < -0.4 is 5.09 Å². The molecule has 0 fully saturated rings. The summed E-state index contributed by atoms with van der Waals surface area (Å²) >= 11 is 0. The summed E-state index contributed by atoms with van der Waals surface area (Å²) in [6.45, 7) is 3.40. The van der Waals surface area contributed by atoms with E-state index in [1.807, 2.05) is 0 Å². The van der Waals surface area contributed by atoms with Crippen molar-refractivity contribution in [1.82, 2.24) is 5.09 Å². The third kappa shape index (κ3) is 18.0. The quantitative estimate of drug-likeness (QED) is 0.260. The number of unbranched alkanes of at least 4 members (excludes halogenated alkanes) is 13. The normalized spacial score (nSPS) is 10.8. The Labute approximate surface area is 129 Å². The van der Waals surface area contributed by atoms with E-state index in [9.17, 15) is 0 Å². The van der Waals surface area contributed by atoms with E-state index in [2.05, 4.69) is 24.6 Å². The van der Waals surface area contributed by atoms with Crippen molar-refractivity contribution in [2.24, 2.45) is 0 Å². The molecule has 0 saturated carbocycles. The van der Waals surface area contributed by atoms with Gasteiger partial charge in [0.15, 0.2) is 0 Å². The van der Waals surface area contributed by atoms with Crippen LogP contribution in [-0.4, -0.2) is 19.1 Å². The van der Waals surface area contributed by atoms with Gasteiger partial charge in [-0.05, 0) is 6.42 Å². The first kappa shape index (κ1) is 20.0. The van der Waals surface area contributed by atoms with Crippen LogP contribution in [-0.2, 0) is 0 Å². The fourth-order valence-electron chi connectivity index (χ4n) is 2.56. The Morgan fingerprint density at radius 1 is 0.600 bits per heavy atom. The first-order chi connectivity index (χ1) is 9.77. The van der Waals surface area contributed by atoms with Crippen LogP contribution in [0.3, 0.4) is 0 Å². The molecule has 0 saturated heterocycles. The lowest BCUT2D eigenvalue weighted by Crippen LogP contribution is -2.02. The minimum atomic E-state index is -0.392. The van der Waals surface area contributed by atoms with Crippen molar-refractivity contribution in [3.05, 3.63) is 0 Å². The van der Waals surface area contributed by atoms with Gasteiger partial charge in [-0.15, -0.1) is 0 Å². The molecular weight excluding hydrogens is 261 g/mol. The van der Waals surface area contributed by atoms with Crippen LogP contribution in [0.25, 0.3) is 0 Å². The van der Waals surface area contributed by atoms with Gasteiger partial charge in [-0.1, -0.05) is 110 Å². The second-order valence-electron chi connectivity index (χ2n) is 6.04. The van der Waals surface area contributed by atoms with Crippen molar-refractivity contribution in [1.29, 1.82) is 0 Å². The first-order valence-corrected chi connectivity index (χ1v) is 10.6. The van der Waals surface area contributed by atoms with Crippen molar-refractivity contribution in [3.63, 3.8) is 0 Å². The first-order valence-electron chi connectivity index (χ1n) is 8.92. The summed E-state index contributed by atoms with van der Waals surface area (Å²) < 4.78 is 0. The standard InChI is InChI=1S/C18H38NP/c1-4-5-6-7-8-9-10-11-12-13-14-15-16-17-18-19-20(2)3/h19H,2-18H2,1H3. The molecule has 0 bridgehead atoms. The fourth-order valence-corrected chi connectivity index (χ4v) is 3.03. The maximum absolute atomic E-state index is 3.88. The lowest BCUT2D eigenvalue weighted by molar-refractivity contribution is 0.535. The summed E-state index contributed by atoms with van der Waals surface area (Å²) in [7, 11) is -0.392. The molecule has 0 aromatic heterocycles. The van der Waals surface area contributed by atoms with Gasteiger partial charge >= 0.3 is 0 Å². The summed E-state index contributed by atoms with van der Waals surface area (Å²) in [6, 6.07) is 0. The summed E-state index contributed by atoms with van der Waals surface area (Å²) in [5, 5.41) is 3.33. The zero-order valence-electron chi connectivity index (χ0n) is 14.0. The lowest BCUT2D eigenvalue weighted by Gasteiger charge is -2.03. The van der Waals surface area contributed by atoms with Crippen molar-refractivity contribution in [2.75, 3.05) is 6.54 Å². The van der Waals surface area contributed by atoms with Gasteiger partial charge in [0.25, 0.3) is 0 Å². The van der Waals surface area contributed by atoms with Crippen LogP contribution in [0.1, 0.15) is 96.8 Å². The third-order valence-electron chi connectivity index (χ3n) is 3.87. The van der Waals surface area contributed by atoms with E-state index in [1.54, 1.807) is 0 Å². The van der Waals surface area contributed by atoms with Gasteiger partial charge in [0.05, 0.1) is 0 Å². The Morgan fingerprint density at radius 3 is 1.30 bits per heavy atom. The maximum Gasteiger partial charge on any atom is 0.00322 e. The highest BCUT2D eigenvalue weighted by atomic mass is 31.1. The molecule has 0 unspecified atom stereocenters. The van der Waals surface area contributed by atoms with Crippen molar-refractivity contribution < 1.29 is 0 Å². The van der Waals surface area contributed by atoms with Gasteiger partial charge in [-0.2, -0.15) is 0 Å². The van der Waals surface area contributed by atoms with Crippen LogP contribution in [0.2, 0.25) is 0 Å². The molecule has 0 aliphatic heterocycles. The average molecular weight is 299 g/mol. The lowest BCUT2D eigenvalue weighted by atomic mass is 10.0. The molecule has 0 spiro atoms. The molecule has 0 radical (unpaired) electrons. The topological polar surface area (TPSA) is 12.0 Å². The van der Waals surface area contributed by atoms with E-state index in [-0.39, 0.29) is 0 Å². The SMILES string of the molecule is C=P(=C)NCCCCCCCCCCCCCCCC. The molecule has 0 aliphatic carbocycles. The van der Waals surface area contributed by atoms with Gasteiger partial charge in [0, 0.05) is 6.54 Å². The highest BCUT2D eigenvalue weighted by Crippen LogP contribution is 2.12. The van der Waals surface area contributed by atoms with Crippen molar-refractivity contribution in [3.8, 4) is 0 Å². The zero-order valence-corrected chi connectivity index (χ0v) is 14.9. The van der Waals surface area contributed by atoms with Gasteiger partial charge in [0.1, 0.15) is 0 Å². The molecule has 120 valence electrons. The third-order valence-corrected chi connectivity index (χ3v) is 4.54. The monoisotopic (exact) mass is 299 g/mol. The summed E-state index contributed by atoms with van der Waals surface area (Å²) in [4.78, 5) is 0. The molecule has 0 heterocycles. The molecule has 0 aromatic rings. The number of rotatable bonds is 16. The number of hydrogen-bond donors (Lipinski definition) is 1. The smallest absolute Gasteiger partial charge is 0.00322 e. The second kappa shape index (κ2) is 17.1. The predicted molar refractivity (Wildman–Crippen MR) is 99.5 cm³/mol. The van der Waals surface area contributed by atoms with Gasteiger partial charge < -0.3 is 0 Å². The van der Waals surface area contributed by atoms with E-state index in [4.69, 9.17) is 0 Å². The van der Waals surface area contributed by atoms with Crippen LogP contribution in [0.5, 0.6) is 0 Å². The fraction of sp³-hybridized carbons (Fsp3) is 0.889. The number of nitrogens with one attached hydrogen (secondary N) is 1. The average Bonchev–Trinajstić information content (AvgIpc) is 2.43. The molecule has 0 atom stereocenters. The van der Waals surface area contributed by atoms with E-state index in [0.29, 0.717) is 0 Å². The predicted octanol–water partition coefficient (Wildman–Crippen LogP) is 6.32. The molecule has 1 N–H and O–H groups in total. The molecule has 0 amide bonds. The summed E-state index contributed by atoms with van der Waals surface area (Å²) in [5.74, 6) is 0. The molecule has 0 aromatic carbocycles. The van der Waals surface area contributed by atoms with E-state index in [1.165, 1.54) is 89.9 Å². The Kier molecular flexibility index (Phi) is 17.1. The Balaban J connectivity index is 2.95. The Morgan fingerprint density at radius 2 is 0.950 bits per heavy atom. The Bertz CT molecular complexity index is 238. The van der Waals surface area contributed by atoms with Crippen LogP contribution in [0.15, 0.2) is 0 Å². The van der Waals surface area contributed by atoms with E-state index < -0.39 is 7.32 Å². The molecule has 20 heavy (non-hydrogen) atoms. The summed E-state index contributed by atoms with van der Waals surface area (Å²) in [6.07, 6.45) is 27.7. The van der Waals surface area contributed by atoms with Crippen molar-refractivity contribution in [2.45, 2.75) is 96.8 Å². The minimum absolute atomic E-state index is 0.392. The largest absolute Gasteiger partial charge is 0.276 e. The number of hydrogen-bond acceptors (Lipinski definition) is 1.